The predicted octanol–water partition coefficient (Wildman–Crippen LogP) is 4.99. The number of nitrogens with one attached hydrogen (secondary N) is 2. The van der Waals surface area contributed by atoms with Gasteiger partial charge in [0.25, 0.3) is 0 Å². The summed E-state index contributed by atoms with van der Waals surface area (Å²) in [5, 5.41) is 5.92. The number of anilines is 2. The maximum atomic E-state index is 12.6. The molecule has 1 heterocycles. The van der Waals surface area contributed by atoms with E-state index in [1.165, 1.54) is 12.1 Å². The third kappa shape index (κ3) is 3.51. The lowest BCUT2D eigenvalue weighted by Crippen LogP contribution is -2.32. The number of alkyl halides is 3. The molecule has 0 aliphatic carbocycles. The number of amides is 1. The molecule has 0 spiro atoms. The zero-order chi connectivity index (χ0) is 18.2. The molecule has 132 valence electrons. The molecular weight excluding hydrogens is 397 g/mol. The minimum atomic E-state index is -4.35. The Kier molecular flexibility index (Phi) is 4.53. The quantitative estimate of drug-likeness (QED) is 0.745. The van der Waals surface area contributed by atoms with Gasteiger partial charge in [0.2, 0.25) is 5.91 Å². The Hall–Kier alpha value is -2.02. The van der Waals surface area contributed by atoms with Gasteiger partial charge in [0.15, 0.2) is 0 Å². The van der Waals surface area contributed by atoms with Crippen LogP contribution in [-0.2, 0) is 16.4 Å². The molecule has 25 heavy (non-hydrogen) atoms. The smallest absolute Gasteiger partial charge is 0.355 e. The molecule has 1 aliphatic rings. The van der Waals surface area contributed by atoms with Crippen LogP contribution in [0.5, 0.6) is 0 Å². The topological polar surface area (TPSA) is 41.1 Å². The maximum absolute atomic E-state index is 12.6. The summed E-state index contributed by atoms with van der Waals surface area (Å²) >= 11 is 3.47. The number of carbonyl (C=O) groups is 1. The zero-order valence-electron chi connectivity index (χ0n) is 13.4. The highest BCUT2D eigenvalue weighted by Gasteiger charge is 2.39. The van der Waals surface area contributed by atoms with Crippen LogP contribution in [0.15, 0.2) is 46.9 Å². The minimum Gasteiger partial charge on any atom is -0.355 e. The number of hydrogen-bond donors (Lipinski definition) is 2. The van der Waals surface area contributed by atoms with Gasteiger partial charge in [-0.15, -0.1) is 0 Å². The molecule has 2 aromatic rings. The summed E-state index contributed by atoms with van der Waals surface area (Å²) in [6.07, 6.45) is -3.62. The van der Waals surface area contributed by atoms with Crippen LogP contribution >= 0.6 is 15.9 Å². The second-order valence-corrected chi connectivity index (χ2v) is 7.09. The lowest BCUT2D eigenvalue weighted by atomic mass is 9.81. The minimum absolute atomic E-state index is 0.00264. The summed E-state index contributed by atoms with van der Waals surface area (Å²) in [5.41, 5.74) is 0.909. The second-order valence-electron chi connectivity index (χ2n) is 6.23. The molecule has 2 N–H and O–H groups in total. The fourth-order valence-corrected chi connectivity index (χ4v) is 3.35. The van der Waals surface area contributed by atoms with Crippen molar-refractivity contribution >= 4 is 33.2 Å². The molecule has 1 fully saturated rings. The molecule has 0 bridgehead atoms. The Balaban J connectivity index is 1.81. The summed E-state index contributed by atoms with van der Waals surface area (Å²) in [6, 6.07) is 10.4. The molecule has 2 aromatic carbocycles. The van der Waals surface area contributed by atoms with E-state index in [0.29, 0.717) is 17.9 Å². The van der Waals surface area contributed by atoms with Gasteiger partial charge in [-0.05, 0) is 71.2 Å². The molecule has 1 aliphatic heterocycles. The van der Waals surface area contributed by atoms with E-state index in [1.54, 1.807) is 0 Å². The number of rotatable bonds is 3. The molecule has 1 amide bonds. The van der Waals surface area contributed by atoms with Gasteiger partial charge in [0.1, 0.15) is 0 Å². The number of hydrogen-bond acceptors (Lipinski definition) is 2. The van der Waals surface area contributed by atoms with E-state index < -0.39 is 17.2 Å². The molecule has 3 nitrogen and oxygen atoms in total. The van der Waals surface area contributed by atoms with E-state index in [2.05, 4.69) is 26.6 Å². The molecule has 0 saturated carbocycles. The van der Waals surface area contributed by atoms with Gasteiger partial charge < -0.3 is 10.6 Å². The molecule has 7 heteroatoms. The normalized spacial score (nSPS) is 20.4. The van der Waals surface area contributed by atoms with Gasteiger partial charge in [0, 0.05) is 16.7 Å². The van der Waals surface area contributed by atoms with Crippen molar-refractivity contribution in [3.8, 4) is 0 Å². The summed E-state index contributed by atoms with van der Waals surface area (Å²) in [7, 11) is 0. The van der Waals surface area contributed by atoms with Crippen LogP contribution in [0.3, 0.4) is 0 Å². The Morgan fingerprint density at radius 3 is 2.36 bits per heavy atom. The van der Waals surface area contributed by atoms with E-state index >= 15 is 0 Å². The van der Waals surface area contributed by atoms with Crippen molar-refractivity contribution in [1.82, 2.24) is 5.32 Å². The summed E-state index contributed by atoms with van der Waals surface area (Å²) < 4.78 is 38.6. The van der Waals surface area contributed by atoms with Crippen molar-refractivity contribution in [2.24, 2.45) is 0 Å². The molecule has 0 aromatic heterocycles. The van der Waals surface area contributed by atoms with Crippen LogP contribution in [0, 0.1) is 0 Å². The third-order valence-corrected chi connectivity index (χ3v) is 5.17. The fourth-order valence-electron chi connectivity index (χ4n) is 2.87. The SMILES string of the molecule is CC1(c2ccc(Nc3ccc(C(F)(F)F)cc3)c(Br)c2)CCNC1=O. The van der Waals surface area contributed by atoms with Gasteiger partial charge in [-0.1, -0.05) is 6.07 Å². The second kappa shape index (κ2) is 6.37. The highest BCUT2D eigenvalue weighted by atomic mass is 79.9. The Labute approximate surface area is 151 Å². The van der Waals surface area contributed by atoms with Crippen LogP contribution in [0.2, 0.25) is 0 Å². The number of benzene rings is 2. The van der Waals surface area contributed by atoms with E-state index in [1.807, 2.05) is 25.1 Å². The first-order chi connectivity index (χ1) is 11.7. The molecular formula is C18H16BrF3N2O. The van der Waals surface area contributed by atoms with Crippen LogP contribution in [-0.4, -0.2) is 12.5 Å². The van der Waals surface area contributed by atoms with Crippen LogP contribution < -0.4 is 10.6 Å². The van der Waals surface area contributed by atoms with Crippen molar-refractivity contribution in [3.05, 3.63) is 58.1 Å². The monoisotopic (exact) mass is 412 g/mol. The summed E-state index contributed by atoms with van der Waals surface area (Å²) in [6.45, 7) is 2.55. The molecule has 1 unspecified atom stereocenters. The average Bonchev–Trinajstić information content (AvgIpc) is 2.89. The van der Waals surface area contributed by atoms with Gasteiger partial charge in [-0.25, -0.2) is 0 Å². The predicted molar refractivity (Wildman–Crippen MR) is 93.8 cm³/mol. The van der Waals surface area contributed by atoms with Crippen LogP contribution in [0.1, 0.15) is 24.5 Å². The standard InChI is InChI=1S/C18H16BrF3N2O/c1-17(8-9-23-16(17)25)12-4-7-15(14(19)10-12)24-13-5-2-11(3-6-13)18(20,21)22/h2-7,10,24H,8-9H2,1H3,(H,23,25). The van der Waals surface area contributed by atoms with E-state index in [-0.39, 0.29) is 5.91 Å². The van der Waals surface area contributed by atoms with E-state index in [4.69, 9.17) is 0 Å². The average molecular weight is 413 g/mol. The van der Waals surface area contributed by atoms with Gasteiger partial charge >= 0.3 is 6.18 Å². The van der Waals surface area contributed by atoms with Crippen molar-refractivity contribution in [2.45, 2.75) is 24.9 Å². The van der Waals surface area contributed by atoms with E-state index in [9.17, 15) is 18.0 Å². The van der Waals surface area contributed by atoms with Crippen molar-refractivity contribution in [3.63, 3.8) is 0 Å². The van der Waals surface area contributed by atoms with Crippen molar-refractivity contribution in [2.75, 3.05) is 11.9 Å². The molecule has 0 radical (unpaired) electrons. The van der Waals surface area contributed by atoms with Crippen LogP contribution in [0.25, 0.3) is 0 Å². The lowest BCUT2D eigenvalue weighted by molar-refractivity contribution is -0.137. The van der Waals surface area contributed by atoms with Crippen LogP contribution in [0.4, 0.5) is 24.5 Å². The first-order valence-corrected chi connectivity index (χ1v) is 8.52. The Morgan fingerprint density at radius 2 is 1.84 bits per heavy atom. The molecule has 3 rings (SSSR count). The first kappa shape index (κ1) is 17.8. The third-order valence-electron chi connectivity index (χ3n) is 4.51. The first-order valence-electron chi connectivity index (χ1n) is 7.73. The Morgan fingerprint density at radius 1 is 1.16 bits per heavy atom. The lowest BCUT2D eigenvalue weighted by Gasteiger charge is -2.22. The largest absolute Gasteiger partial charge is 0.416 e. The van der Waals surface area contributed by atoms with E-state index in [0.717, 1.165) is 28.6 Å². The Bertz CT molecular complexity index is 805. The molecule has 1 saturated heterocycles. The summed E-state index contributed by atoms with van der Waals surface area (Å²) in [5.74, 6) is 0.00264. The van der Waals surface area contributed by atoms with Crippen molar-refractivity contribution in [1.29, 1.82) is 0 Å². The molecule has 1 atom stereocenters. The number of carbonyl (C=O) groups excluding carboxylic acids is 1. The van der Waals surface area contributed by atoms with Gasteiger partial charge in [-0.3, -0.25) is 4.79 Å². The highest BCUT2D eigenvalue weighted by molar-refractivity contribution is 9.10. The summed E-state index contributed by atoms with van der Waals surface area (Å²) in [4.78, 5) is 12.1. The number of halogens is 4. The van der Waals surface area contributed by atoms with Crippen molar-refractivity contribution < 1.29 is 18.0 Å². The van der Waals surface area contributed by atoms with Gasteiger partial charge in [0.05, 0.1) is 16.7 Å². The zero-order valence-corrected chi connectivity index (χ0v) is 15.0. The highest BCUT2D eigenvalue weighted by Crippen LogP contribution is 2.36. The maximum Gasteiger partial charge on any atom is 0.416 e. The fraction of sp³-hybridized carbons (Fsp3) is 0.278. The van der Waals surface area contributed by atoms with Gasteiger partial charge in [-0.2, -0.15) is 13.2 Å².